The summed E-state index contributed by atoms with van der Waals surface area (Å²) >= 11 is 1.70. The maximum absolute atomic E-state index is 11.5. The summed E-state index contributed by atoms with van der Waals surface area (Å²) < 4.78 is 0. The molecule has 3 N–H and O–H groups in total. The number of rotatable bonds is 7. The van der Waals surface area contributed by atoms with E-state index in [1.807, 2.05) is 6.26 Å². The van der Waals surface area contributed by atoms with Gasteiger partial charge < -0.3 is 15.7 Å². The van der Waals surface area contributed by atoms with E-state index in [2.05, 4.69) is 17.6 Å². The molecule has 0 radical (unpaired) electrons. The van der Waals surface area contributed by atoms with Crippen LogP contribution < -0.4 is 10.6 Å². The van der Waals surface area contributed by atoms with Crippen molar-refractivity contribution in [3.8, 4) is 0 Å². The summed E-state index contributed by atoms with van der Waals surface area (Å²) in [5.41, 5.74) is 1.26. The Kier molecular flexibility index (Phi) is 6.93. The second-order valence-corrected chi connectivity index (χ2v) is 5.71. The second kappa shape index (κ2) is 8.47. The molecule has 1 aromatic rings. The predicted octanol–water partition coefficient (Wildman–Crippen LogP) is 1.98. The molecule has 1 rings (SSSR count). The first-order valence-electron chi connectivity index (χ1n) is 6.39. The topological polar surface area (TPSA) is 78.4 Å². The van der Waals surface area contributed by atoms with Crippen molar-refractivity contribution in [3.05, 3.63) is 35.4 Å². The number of thioether (sulfide) groups is 1. The maximum Gasteiger partial charge on any atom is 0.335 e. The lowest BCUT2D eigenvalue weighted by Gasteiger charge is -2.11. The highest BCUT2D eigenvalue weighted by Crippen LogP contribution is 2.05. The number of aromatic carboxylic acids is 1. The van der Waals surface area contributed by atoms with Crippen molar-refractivity contribution < 1.29 is 14.7 Å². The SMILES string of the molecule is CSC(C)CNC(=O)NCCc1ccc(C(=O)O)cc1. The maximum atomic E-state index is 11.5. The number of carbonyl (C=O) groups is 2. The van der Waals surface area contributed by atoms with Crippen molar-refractivity contribution in [2.75, 3.05) is 19.3 Å². The Hall–Kier alpha value is -1.69. The first kappa shape index (κ1) is 16.4. The Labute approximate surface area is 123 Å². The highest BCUT2D eigenvalue weighted by atomic mass is 32.2. The zero-order chi connectivity index (χ0) is 15.0. The Morgan fingerprint density at radius 3 is 2.45 bits per heavy atom. The van der Waals surface area contributed by atoms with E-state index in [0.717, 1.165) is 5.56 Å². The number of urea groups is 1. The number of nitrogens with one attached hydrogen (secondary N) is 2. The summed E-state index contributed by atoms with van der Waals surface area (Å²) in [6.45, 7) is 3.21. The Bertz CT molecular complexity index is 448. The lowest BCUT2D eigenvalue weighted by atomic mass is 10.1. The van der Waals surface area contributed by atoms with Gasteiger partial charge in [-0.05, 0) is 30.4 Å². The van der Waals surface area contributed by atoms with E-state index in [4.69, 9.17) is 5.11 Å². The minimum Gasteiger partial charge on any atom is -0.478 e. The summed E-state index contributed by atoms with van der Waals surface area (Å²) in [4.78, 5) is 22.2. The number of carboxylic acids is 1. The van der Waals surface area contributed by atoms with E-state index >= 15 is 0 Å². The molecule has 1 atom stereocenters. The zero-order valence-corrected chi connectivity index (χ0v) is 12.5. The summed E-state index contributed by atoms with van der Waals surface area (Å²) in [5.74, 6) is -0.933. The lowest BCUT2D eigenvalue weighted by Crippen LogP contribution is -2.39. The van der Waals surface area contributed by atoms with Gasteiger partial charge in [-0.1, -0.05) is 19.1 Å². The predicted molar refractivity (Wildman–Crippen MR) is 81.5 cm³/mol. The van der Waals surface area contributed by atoms with Gasteiger partial charge in [0.2, 0.25) is 0 Å². The molecule has 0 fully saturated rings. The minimum absolute atomic E-state index is 0.173. The normalized spacial score (nSPS) is 11.7. The van der Waals surface area contributed by atoms with E-state index in [0.29, 0.717) is 24.8 Å². The highest BCUT2D eigenvalue weighted by Gasteiger charge is 2.04. The minimum atomic E-state index is -0.933. The van der Waals surface area contributed by atoms with Crippen molar-refractivity contribution in [2.24, 2.45) is 0 Å². The first-order valence-corrected chi connectivity index (χ1v) is 7.68. The molecule has 110 valence electrons. The van der Waals surface area contributed by atoms with E-state index in [1.165, 1.54) is 0 Å². The van der Waals surface area contributed by atoms with Crippen LogP contribution in [-0.2, 0) is 6.42 Å². The largest absolute Gasteiger partial charge is 0.478 e. The van der Waals surface area contributed by atoms with Crippen LogP contribution >= 0.6 is 11.8 Å². The fourth-order valence-electron chi connectivity index (χ4n) is 1.52. The molecule has 0 bridgehead atoms. The number of hydrogen-bond donors (Lipinski definition) is 3. The van der Waals surface area contributed by atoms with Crippen LogP contribution in [0.15, 0.2) is 24.3 Å². The van der Waals surface area contributed by atoms with E-state index < -0.39 is 5.97 Å². The Morgan fingerprint density at radius 1 is 1.25 bits per heavy atom. The van der Waals surface area contributed by atoms with Gasteiger partial charge in [-0.3, -0.25) is 0 Å². The van der Waals surface area contributed by atoms with Crippen LogP contribution in [0.2, 0.25) is 0 Å². The molecule has 0 saturated heterocycles. The summed E-state index contributed by atoms with van der Waals surface area (Å²) in [7, 11) is 0. The summed E-state index contributed by atoms with van der Waals surface area (Å²) in [6, 6.07) is 6.49. The zero-order valence-electron chi connectivity index (χ0n) is 11.7. The van der Waals surface area contributed by atoms with Crippen LogP contribution in [0, 0.1) is 0 Å². The van der Waals surface area contributed by atoms with Crippen molar-refractivity contribution in [2.45, 2.75) is 18.6 Å². The van der Waals surface area contributed by atoms with Gasteiger partial charge in [0.05, 0.1) is 5.56 Å². The van der Waals surface area contributed by atoms with Gasteiger partial charge in [0.1, 0.15) is 0 Å². The number of hydrogen-bond acceptors (Lipinski definition) is 3. The fourth-order valence-corrected chi connectivity index (χ4v) is 1.77. The molecule has 5 nitrogen and oxygen atoms in total. The molecule has 0 heterocycles. The number of carboxylic acid groups (broad SMARTS) is 1. The van der Waals surface area contributed by atoms with E-state index in [-0.39, 0.29) is 11.6 Å². The standard InChI is InChI=1S/C14H20N2O3S/c1-10(20-2)9-16-14(19)15-8-7-11-3-5-12(6-4-11)13(17)18/h3-6,10H,7-9H2,1-2H3,(H,17,18)(H2,15,16,19). The number of amides is 2. The third-order valence-electron chi connectivity index (χ3n) is 2.85. The molecule has 0 aromatic heterocycles. The van der Waals surface area contributed by atoms with Crippen LogP contribution in [0.3, 0.4) is 0 Å². The van der Waals surface area contributed by atoms with Crippen molar-refractivity contribution in [1.29, 1.82) is 0 Å². The number of carbonyl (C=O) groups excluding carboxylic acids is 1. The molecule has 0 spiro atoms. The molecule has 2 amide bonds. The molecule has 1 aromatic carbocycles. The van der Waals surface area contributed by atoms with Gasteiger partial charge >= 0.3 is 12.0 Å². The molecule has 20 heavy (non-hydrogen) atoms. The van der Waals surface area contributed by atoms with Gasteiger partial charge in [0.25, 0.3) is 0 Å². The molecule has 1 unspecified atom stereocenters. The van der Waals surface area contributed by atoms with E-state index in [1.54, 1.807) is 36.0 Å². The molecule has 0 saturated carbocycles. The summed E-state index contributed by atoms with van der Waals surface area (Å²) in [5, 5.41) is 14.7. The lowest BCUT2D eigenvalue weighted by molar-refractivity contribution is 0.0697. The van der Waals surface area contributed by atoms with Gasteiger partial charge in [-0.15, -0.1) is 0 Å². The van der Waals surface area contributed by atoms with Crippen molar-refractivity contribution >= 4 is 23.8 Å². The van der Waals surface area contributed by atoms with Crippen LogP contribution in [0.25, 0.3) is 0 Å². The van der Waals surface area contributed by atoms with Gasteiger partial charge in [0, 0.05) is 18.3 Å². The van der Waals surface area contributed by atoms with Gasteiger partial charge in [-0.2, -0.15) is 11.8 Å². The first-order chi connectivity index (χ1) is 9.52. The van der Waals surface area contributed by atoms with Crippen molar-refractivity contribution in [1.82, 2.24) is 10.6 Å². The Morgan fingerprint density at radius 2 is 1.90 bits per heavy atom. The third-order valence-corrected chi connectivity index (χ3v) is 3.82. The smallest absolute Gasteiger partial charge is 0.335 e. The average molecular weight is 296 g/mol. The fraction of sp³-hybridized carbons (Fsp3) is 0.429. The van der Waals surface area contributed by atoms with Crippen LogP contribution in [0.5, 0.6) is 0 Å². The van der Waals surface area contributed by atoms with Crippen LogP contribution in [0.1, 0.15) is 22.8 Å². The third kappa shape index (κ3) is 5.97. The van der Waals surface area contributed by atoms with E-state index in [9.17, 15) is 9.59 Å². The van der Waals surface area contributed by atoms with Gasteiger partial charge in [0.15, 0.2) is 0 Å². The van der Waals surface area contributed by atoms with Gasteiger partial charge in [-0.25, -0.2) is 9.59 Å². The quantitative estimate of drug-likeness (QED) is 0.719. The van der Waals surface area contributed by atoms with Crippen molar-refractivity contribution in [3.63, 3.8) is 0 Å². The van der Waals surface area contributed by atoms with Crippen LogP contribution in [-0.4, -0.2) is 41.7 Å². The highest BCUT2D eigenvalue weighted by molar-refractivity contribution is 7.99. The van der Waals surface area contributed by atoms with Crippen LogP contribution in [0.4, 0.5) is 4.79 Å². The average Bonchev–Trinajstić information content (AvgIpc) is 2.45. The monoisotopic (exact) mass is 296 g/mol. The second-order valence-electron chi connectivity index (χ2n) is 4.44. The molecular formula is C14H20N2O3S. The molecule has 0 aliphatic heterocycles. The molecule has 6 heteroatoms. The summed E-state index contributed by atoms with van der Waals surface area (Å²) in [6.07, 6.45) is 2.68. The molecular weight excluding hydrogens is 276 g/mol. The molecule has 0 aliphatic carbocycles. The number of benzene rings is 1. The molecule has 0 aliphatic rings. The Balaban J connectivity index is 2.26.